The molecular weight excluding hydrogens is 262 g/mol. The van der Waals surface area contributed by atoms with Gasteiger partial charge in [0.25, 0.3) is 0 Å². The Bertz CT molecular complexity index is 581. The van der Waals surface area contributed by atoms with Crippen molar-refractivity contribution in [2.45, 2.75) is 40.3 Å². The van der Waals surface area contributed by atoms with Crippen LogP contribution < -0.4 is 5.32 Å². The van der Waals surface area contributed by atoms with Crippen LogP contribution in [0.25, 0.3) is 11.1 Å². The van der Waals surface area contributed by atoms with Crippen molar-refractivity contribution in [3.63, 3.8) is 0 Å². The molecule has 0 saturated heterocycles. The minimum Gasteiger partial charge on any atom is -0.308 e. The normalized spacial score (nSPS) is 20.0. The van der Waals surface area contributed by atoms with Crippen LogP contribution in [0, 0.1) is 10.8 Å². The van der Waals surface area contributed by atoms with E-state index in [-0.39, 0.29) is 0 Å². The summed E-state index contributed by atoms with van der Waals surface area (Å²) >= 11 is 1.85. The number of hydrogen-bond donors (Lipinski definition) is 1. The van der Waals surface area contributed by atoms with E-state index in [2.05, 4.69) is 74.8 Å². The monoisotopic (exact) mass is 285 g/mol. The molecule has 0 bridgehead atoms. The van der Waals surface area contributed by atoms with Crippen molar-refractivity contribution in [3.8, 4) is 11.1 Å². The van der Waals surface area contributed by atoms with E-state index in [4.69, 9.17) is 0 Å². The third-order valence-electron chi connectivity index (χ3n) is 5.26. The number of hydrogen-bond acceptors (Lipinski definition) is 2. The van der Waals surface area contributed by atoms with Gasteiger partial charge in [-0.05, 0) is 33.4 Å². The maximum Gasteiger partial charge on any atom is 0.0302 e. The van der Waals surface area contributed by atoms with Crippen molar-refractivity contribution in [2.24, 2.45) is 10.8 Å². The number of thiophene rings is 1. The molecule has 1 aliphatic carbocycles. The Morgan fingerprint density at radius 2 is 1.65 bits per heavy atom. The minimum absolute atomic E-state index is 0.409. The Hall–Kier alpha value is -1.12. The van der Waals surface area contributed by atoms with Crippen molar-refractivity contribution in [2.75, 3.05) is 0 Å². The maximum atomic E-state index is 3.73. The van der Waals surface area contributed by atoms with E-state index in [1.54, 1.807) is 0 Å². The molecule has 0 radical (unpaired) electrons. The molecule has 106 valence electrons. The second-order valence-corrected chi connectivity index (χ2v) is 7.92. The summed E-state index contributed by atoms with van der Waals surface area (Å²) in [6, 6.07) is 13.5. The predicted molar refractivity (Wildman–Crippen MR) is 87.9 cm³/mol. The highest BCUT2D eigenvalue weighted by atomic mass is 32.1. The zero-order valence-corrected chi connectivity index (χ0v) is 13.6. The fourth-order valence-electron chi connectivity index (χ4n) is 3.16. The average molecular weight is 285 g/mol. The molecule has 20 heavy (non-hydrogen) atoms. The SMILES string of the molecule is CC1(C)C(NCc2cc(-c3ccccc3)cs2)C1(C)C. The van der Waals surface area contributed by atoms with Crippen molar-refractivity contribution < 1.29 is 0 Å². The fourth-order valence-corrected chi connectivity index (χ4v) is 4.01. The second kappa shape index (κ2) is 4.71. The number of benzene rings is 1. The van der Waals surface area contributed by atoms with Crippen molar-refractivity contribution in [1.29, 1.82) is 0 Å². The van der Waals surface area contributed by atoms with Gasteiger partial charge < -0.3 is 5.32 Å². The van der Waals surface area contributed by atoms with Crippen molar-refractivity contribution >= 4 is 11.3 Å². The Kier molecular flexibility index (Phi) is 3.26. The van der Waals surface area contributed by atoms with Crippen LogP contribution in [-0.2, 0) is 6.54 Å². The van der Waals surface area contributed by atoms with Gasteiger partial charge in [-0.3, -0.25) is 0 Å². The van der Waals surface area contributed by atoms with Gasteiger partial charge in [-0.1, -0.05) is 58.0 Å². The minimum atomic E-state index is 0.409. The maximum absolute atomic E-state index is 3.73. The van der Waals surface area contributed by atoms with Gasteiger partial charge in [-0.25, -0.2) is 0 Å². The molecule has 0 unspecified atom stereocenters. The van der Waals surface area contributed by atoms with Gasteiger partial charge in [0, 0.05) is 17.5 Å². The van der Waals surface area contributed by atoms with Crippen LogP contribution in [0.5, 0.6) is 0 Å². The van der Waals surface area contributed by atoms with Gasteiger partial charge in [-0.15, -0.1) is 11.3 Å². The standard InChI is InChI=1S/C18H23NS/c1-17(2)16(18(17,3)4)19-11-15-10-14(12-20-15)13-8-6-5-7-9-13/h5-10,12,16,19H,11H2,1-4H3. The van der Waals surface area contributed by atoms with E-state index in [1.165, 1.54) is 16.0 Å². The summed E-state index contributed by atoms with van der Waals surface area (Å²) in [6.07, 6.45) is 0. The summed E-state index contributed by atoms with van der Waals surface area (Å²) in [5, 5.41) is 5.99. The van der Waals surface area contributed by atoms with Gasteiger partial charge in [0.15, 0.2) is 0 Å². The smallest absolute Gasteiger partial charge is 0.0302 e. The van der Waals surface area contributed by atoms with E-state index < -0.39 is 0 Å². The molecule has 0 spiro atoms. The molecule has 1 fully saturated rings. The lowest BCUT2D eigenvalue weighted by Crippen LogP contribution is -2.21. The number of rotatable bonds is 4. The van der Waals surface area contributed by atoms with Gasteiger partial charge in [0.05, 0.1) is 0 Å². The molecule has 2 aromatic rings. The molecule has 0 atom stereocenters. The molecule has 1 nitrogen and oxygen atoms in total. The van der Waals surface area contributed by atoms with Gasteiger partial charge in [0.1, 0.15) is 0 Å². The van der Waals surface area contributed by atoms with Gasteiger partial charge >= 0.3 is 0 Å². The molecule has 1 aliphatic rings. The van der Waals surface area contributed by atoms with Crippen LogP contribution >= 0.6 is 11.3 Å². The van der Waals surface area contributed by atoms with Crippen LogP contribution in [0.2, 0.25) is 0 Å². The quantitative estimate of drug-likeness (QED) is 0.839. The van der Waals surface area contributed by atoms with Gasteiger partial charge in [-0.2, -0.15) is 0 Å². The molecule has 1 saturated carbocycles. The molecule has 1 heterocycles. The van der Waals surface area contributed by atoms with E-state index >= 15 is 0 Å². The third kappa shape index (κ3) is 2.21. The molecule has 1 N–H and O–H groups in total. The topological polar surface area (TPSA) is 12.0 Å². The first-order chi connectivity index (χ1) is 9.43. The summed E-state index contributed by atoms with van der Waals surface area (Å²) in [5.41, 5.74) is 3.46. The zero-order valence-electron chi connectivity index (χ0n) is 12.7. The summed E-state index contributed by atoms with van der Waals surface area (Å²) < 4.78 is 0. The van der Waals surface area contributed by atoms with Gasteiger partial charge in [0.2, 0.25) is 0 Å². The van der Waals surface area contributed by atoms with E-state index in [9.17, 15) is 0 Å². The van der Waals surface area contributed by atoms with E-state index in [0.717, 1.165) is 6.54 Å². The summed E-state index contributed by atoms with van der Waals surface area (Å²) in [4.78, 5) is 1.42. The number of nitrogens with one attached hydrogen (secondary N) is 1. The van der Waals surface area contributed by atoms with Crippen molar-refractivity contribution in [1.82, 2.24) is 5.32 Å². The molecule has 0 aliphatic heterocycles. The molecule has 0 amide bonds. The molecule has 2 heteroatoms. The average Bonchev–Trinajstić information content (AvgIpc) is 2.76. The highest BCUT2D eigenvalue weighted by Crippen LogP contribution is 2.62. The highest BCUT2D eigenvalue weighted by molar-refractivity contribution is 7.10. The van der Waals surface area contributed by atoms with Crippen LogP contribution in [0.4, 0.5) is 0 Å². The molecule has 1 aromatic heterocycles. The van der Waals surface area contributed by atoms with E-state index in [1.807, 2.05) is 11.3 Å². The van der Waals surface area contributed by atoms with Crippen LogP contribution in [0.15, 0.2) is 41.8 Å². The third-order valence-corrected chi connectivity index (χ3v) is 6.20. The second-order valence-electron chi connectivity index (χ2n) is 6.93. The zero-order chi connectivity index (χ0) is 14.4. The lowest BCUT2D eigenvalue weighted by Gasteiger charge is -2.04. The summed E-state index contributed by atoms with van der Waals surface area (Å²) in [5.74, 6) is 0. The Morgan fingerprint density at radius 3 is 2.25 bits per heavy atom. The van der Waals surface area contributed by atoms with Crippen molar-refractivity contribution in [3.05, 3.63) is 46.7 Å². The lowest BCUT2D eigenvalue weighted by atomic mass is 10.0. The summed E-state index contributed by atoms with van der Waals surface area (Å²) in [7, 11) is 0. The first kappa shape index (κ1) is 13.8. The van der Waals surface area contributed by atoms with Crippen LogP contribution in [0.3, 0.4) is 0 Å². The summed E-state index contributed by atoms with van der Waals surface area (Å²) in [6.45, 7) is 10.4. The predicted octanol–water partition coefficient (Wildman–Crippen LogP) is 4.94. The molecular formula is C18H23NS. The van der Waals surface area contributed by atoms with Crippen LogP contribution in [-0.4, -0.2) is 6.04 Å². The van der Waals surface area contributed by atoms with Crippen LogP contribution in [0.1, 0.15) is 32.6 Å². The molecule has 1 aromatic carbocycles. The lowest BCUT2D eigenvalue weighted by molar-refractivity contribution is 0.457. The Balaban J connectivity index is 1.65. The highest BCUT2D eigenvalue weighted by Gasteiger charge is 2.64. The largest absolute Gasteiger partial charge is 0.308 e. The van der Waals surface area contributed by atoms with E-state index in [0.29, 0.717) is 16.9 Å². The fraction of sp³-hybridized carbons (Fsp3) is 0.444. The Morgan fingerprint density at radius 1 is 1.00 bits per heavy atom. The first-order valence-corrected chi connectivity index (χ1v) is 8.17. The molecule has 3 rings (SSSR count). The Labute approximate surface area is 126 Å². The first-order valence-electron chi connectivity index (χ1n) is 7.29.